The Kier molecular flexibility index (Phi) is 4.33. The third-order valence-corrected chi connectivity index (χ3v) is 4.01. The number of piperidine rings is 1. The van der Waals surface area contributed by atoms with Crippen LogP contribution < -0.4 is 10.6 Å². The molecule has 0 aromatic heterocycles. The molecule has 1 aromatic rings. The van der Waals surface area contributed by atoms with Crippen LogP contribution in [0.2, 0.25) is 5.02 Å². The number of nitrogens with two attached hydrogens (primary N) is 1. The number of anilines is 2. The summed E-state index contributed by atoms with van der Waals surface area (Å²) >= 11 is 5.72. The summed E-state index contributed by atoms with van der Waals surface area (Å²) < 4.78 is 13.5. The van der Waals surface area contributed by atoms with Crippen LogP contribution in [-0.4, -0.2) is 13.1 Å². The molecule has 0 unspecified atom stereocenters. The lowest BCUT2D eigenvalue weighted by molar-refractivity contribution is 0.378. The Morgan fingerprint density at radius 2 is 2.06 bits per heavy atom. The predicted molar refractivity (Wildman–Crippen MR) is 75.7 cm³/mol. The van der Waals surface area contributed by atoms with Crippen molar-refractivity contribution in [3.8, 4) is 0 Å². The molecule has 1 saturated heterocycles. The standard InChI is InChI=1S/C14H20ClFN2/c1-2-3-10-4-6-18(7-5-10)14-9-12(16)11(15)8-13(14)17/h8-10H,2-7,17H2,1H3. The molecule has 1 fully saturated rings. The molecule has 1 aromatic carbocycles. The fraction of sp³-hybridized carbons (Fsp3) is 0.571. The van der Waals surface area contributed by atoms with Gasteiger partial charge < -0.3 is 10.6 Å². The monoisotopic (exact) mass is 270 g/mol. The Bertz CT molecular complexity index is 415. The predicted octanol–water partition coefficient (Wildman–Crippen LogP) is 4.08. The van der Waals surface area contributed by atoms with Crippen LogP contribution in [0.5, 0.6) is 0 Å². The molecule has 0 spiro atoms. The van der Waals surface area contributed by atoms with Gasteiger partial charge in [-0.3, -0.25) is 0 Å². The molecule has 0 atom stereocenters. The van der Waals surface area contributed by atoms with Gasteiger partial charge in [-0.25, -0.2) is 4.39 Å². The second kappa shape index (κ2) is 5.79. The molecule has 0 radical (unpaired) electrons. The lowest BCUT2D eigenvalue weighted by Gasteiger charge is -2.34. The molecular weight excluding hydrogens is 251 g/mol. The number of nitrogens with zero attached hydrogens (tertiary/aromatic N) is 1. The van der Waals surface area contributed by atoms with Crippen molar-refractivity contribution in [3.63, 3.8) is 0 Å². The molecule has 100 valence electrons. The van der Waals surface area contributed by atoms with E-state index in [1.807, 2.05) is 0 Å². The van der Waals surface area contributed by atoms with Crippen LogP contribution in [0.4, 0.5) is 15.8 Å². The summed E-state index contributed by atoms with van der Waals surface area (Å²) in [5.41, 5.74) is 7.27. The third kappa shape index (κ3) is 2.89. The smallest absolute Gasteiger partial charge is 0.144 e. The molecule has 0 amide bonds. The van der Waals surface area contributed by atoms with Crippen LogP contribution in [0.15, 0.2) is 12.1 Å². The van der Waals surface area contributed by atoms with E-state index in [0.29, 0.717) is 5.69 Å². The first-order valence-electron chi connectivity index (χ1n) is 6.61. The van der Waals surface area contributed by atoms with Crippen molar-refractivity contribution in [2.75, 3.05) is 23.7 Å². The normalized spacial score (nSPS) is 17.2. The van der Waals surface area contributed by atoms with Crippen molar-refractivity contribution in [3.05, 3.63) is 23.0 Å². The first kappa shape index (κ1) is 13.5. The first-order chi connectivity index (χ1) is 8.61. The molecule has 2 nitrogen and oxygen atoms in total. The number of rotatable bonds is 3. The van der Waals surface area contributed by atoms with E-state index in [1.54, 1.807) is 0 Å². The quantitative estimate of drug-likeness (QED) is 0.839. The Morgan fingerprint density at radius 1 is 1.39 bits per heavy atom. The Hall–Kier alpha value is -0.960. The summed E-state index contributed by atoms with van der Waals surface area (Å²) in [6.07, 6.45) is 4.86. The summed E-state index contributed by atoms with van der Waals surface area (Å²) in [5, 5.41) is 0.0946. The van der Waals surface area contributed by atoms with E-state index in [2.05, 4.69) is 11.8 Å². The lowest BCUT2D eigenvalue weighted by Crippen LogP contribution is -2.34. The minimum absolute atomic E-state index is 0.0946. The SMILES string of the molecule is CCCC1CCN(c2cc(F)c(Cl)cc2N)CC1. The van der Waals surface area contributed by atoms with Crippen molar-refractivity contribution >= 4 is 23.0 Å². The van der Waals surface area contributed by atoms with Gasteiger partial charge in [0.2, 0.25) is 0 Å². The summed E-state index contributed by atoms with van der Waals surface area (Å²) in [6.45, 7) is 4.13. The van der Waals surface area contributed by atoms with E-state index in [4.69, 9.17) is 17.3 Å². The zero-order valence-electron chi connectivity index (χ0n) is 10.8. The van der Waals surface area contributed by atoms with Gasteiger partial charge in [-0.2, -0.15) is 0 Å². The summed E-state index contributed by atoms with van der Waals surface area (Å²) in [6, 6.07) is 2.96. The van der Waals surface area contributed by atoms with Gasteiger partial charge in [0.25, 0.3) is 0 Å². The molecule has 1 aliphatic rings. The number of nitrogen functional groups attached to an aromatic ring is 1. The topological polar surface area (TPSA) is 29.3 Å². The molecule has 2 N–H and O–H groups in total. The molecule has 0 aliphatic carbocycles. The average molecular weight is 271 g/mol. The minimum Gasteiger partial charge on any atom is -0.397 e. The van der Waals surface area contributed by atoms with E-state index in [-0.39, 0.29) is 5.02 Å². The molecule has 1 heterocycles. The fourth-order valence-corrected chi connectivity index (χ4v) is 2.87. The molecule has 0 saturated carbocycles. The van der Waals surface area contributed by atoms with Gasteiger partial charge in [-0.05, 0) is 24.8 Å². The average Bonchev–Trinajstić information content (AvgIpc) is 2.35. The highest BCUT2D eigenvalue weighted by molar-refractivity contribution is 6.31. The van der Waals surface area contributed by atoms with Crippen molar-refractivity contribution in [2.45, 2.75) is 32.6 Å². The zero-order valence-corrected chi connectivity index (χ0v) is 11.5. The fourth-order valence-electron chi connectivity index (χ4n) is 2.70. The minimum atomic E-state index is -0.392. The van der Waals surface area contributed by atoms with E-state index in [0.717, 1.165) is 37.5 Å². The van der Waals surface area contributed by atoms with Gasteiger partial charge in [0.1, 0.15) is 5.82 Å². The highest BCUT2D eigenvalue weighted by Gasteiger charge is 2.21. The summed E-state index contributed by atoms with van der Waals surface area (Å²) in [7, 11) is 0. The number of halogens is 2. The summed E-state index contributed by atoms with van der Waals surface area (Å²) in [4.78, 5) is 2.17. The van der Waals surface area contributed by atoms with Crippen LogP contribution in [0.1, 0.15) is 32.6 Å². The van der Waals surface area contributed by atoms with E-state index in [1.165, 1.54) is 25.0 Å². The maximum Gasteiger partial charge on any atom is 0.144 e. The van der Waals surface area contributed by atoms with Crippen LogP contribution in [0.25, 0.3) is 0 Å². The van der Waals surface area contributed by atoms with Crippen LogP contribution >= 0.6 is 11.6 Å². The van der Waals surface area contributed by atoms with Crippen LogP contribution in [0, 0.1) is 11.7 Å². The molecule has 4 heteroatoms. The van der Waals surface area contributed by atoms with Crippen molar-refractivity contribution in [1.29, 1.82) is 0 Å². The second-order valence-corrected chi connectivity index (χ2v) is 5.45. The van der Waals surface area contributed by atoms with E-state index in [9.17, 15) is 4.39 Å². The second-order valence-electron chi connectivity index (χ2n) is 5.04. The maximum atomic E-state index is 13.5. The number of benzene rings is 1. The largest absolute Gasteiger partial charge is 0.397 e. The molecule has 1 aliphatic heterocycles. The van der Waals surface area contributed by atoms with Gasteiger partial charge >= 0.3 is 0 Å². The first-order valence-corrected chi connectivity index (χ1v) is 6.99. The molecule has 2 rings (SSSR count). The molecule has 18 heavy (non-hydrogen) atoms. The zero-order chi connectivity index (χ0) is 13.1. The van der Waals surface area contributed by atoms with Gasteiger partial charge in [-0.15, -0.1) is 0 Å². The Morgan fingerprint density at radius 3 is 2.67 bits per heavy atom. The van der Waals surface area contributed by atoms with Gasteiger partial charge in [0.15, 0.2) is 0 Å². The van der Waals surface area contributed by atoms with Crippen LogP contribution in [-0.2, 0) is 0 Å². The van der Waals surface area contributed by atoms with Crippen molar-refractivity contribution in [1.82, 2.24) is 0 Å². The van der Waals surface area contributed by atoms with Gasteiger partial charge in [-0.1, -0.05) is 31.4 Å². The number of hydrogen-bond acceptors (Lipinski definition) is 2. The van der Waals surface area contributed by atoms with Crippen LogP contribution in [0.3, 0.4) is 0 Å². The Labute approximate surface area is 113 Å². The van der Waals surface area contributed by atoms with Gasteiger partial charge in [0.05, 0.1) is 16.4 Å². The van der Waals surface area contributed by atoms with E-state index >= 15 is 0 Å². The maximum absolute atomic E-state index is 13.5. The van der Waals surface area contributed by atoms with Gasteiger partial charge in [0, 0.05) is 19.2 Å². The lowest BCUT2D eigenvalue weighted by atomic mass is 9.92. The van der Waals surface area contributed by atoms with E-state index < -0.39 is 5.82 Å². The van der Waals surface area contributed by atoms with Crippen molar-refractivity contribution in [2.24, 2.45) is 5.92 Å². The highest BCUT2D eigenvalue weighted by Crippen LogP contribution is 2.32. The molecular formula is C14H20ClFN2. The van der Waals surface area contributed by atoms with Crippen molar-refractivity contribution < 1.29 is 4.39 Å². The molecule has 0 bridgehead atoms. The Balaban J connectivity index is 2.07. The third-order valence-electron chi connectivity index (χ3n) is 3.72. The number of hydrogen-bond donors (Lipinski definition) is 1. The highest BCUT2D eigenvalue weighted by atomic mass is 35.5. The summed E-state index contributed by atoms with van der Waals surface area (Å²) in [5.74, 6) is 0.418.